The summed E-state index contributed by atoms with van der Waals surface area (Å²) in [4.78, 5) is 20.5. The molecule has 0 amide bonds. The third-order valence-electron chi connectivity index (χ3n) is 1.90. The Labute approximate surface area is 81.3 Å². The van der Waals surface area contributed by atoms with E-state index in [0.29, 0.717) is 18.1 Å². The Morgan fingerprint density at radius 3 is 3.14 bits per heavy atom. The van der Waals surface area contributed by atoms with Crippen LogP contribution in [0.15, 0.2) is 18.2 Å². The Bertz CT molecular complexity index is 359. The lowest BCUT2D eigenvalue weighted by Crippen LogP contribution is -2.11. The number of rotatable bonds is 1. The largest absolute Gasteiger partial charge is 0.427 e. The van der Waals surface area contributed by atoms with Gasteiger partial charge in [-0.25, -0.2) is 0 Å². The van der Waals surface area contributed by atoms with Crippen LogP contribution in [0.4, 0.5) is 0 Å². The molecule has 0 atom stereocenters. The van der Waals surface area contributed by atoms with Gasteiger partial charge in [-0.2, -0.15) is 4.89 Å². The molecule has 1 aromatic rings. The van der Waals surface area contributed by atoms with Gasteiger partial charge in [0.15, 0.2) is 5.75 Å². The summed E-state index contributed by atoms with van der Waals surface area (Å²) >= 11 is 0. The summed E-state index contributed by atoms with van der Waals surface area (Å²) in [5.41, 5.74) is 0.995. The van der Waals surface area contributed by atoms with Gasteiger partial charge in [0.2, 0.25) is 0 Å². The SMILES string of the molecule is CC(=O)Oc1ccc2c(c1)CCOO2. The second kappa shape index (κ2) is 3.67. The number of benzene rings is 1. The van der Waals surface area contributed by atoms with Gasteiger partial charge >= 0.3 is 5.97 Å². The fourth-order valence-electron chi connectivity index (χ4n) is 1.32. The summed E-state index contributed by atoms with van der Waals surface area (Å²) < 4.78 is 4.94. The van der Waals surface area contributed by atoms with Gasteiger partial charge in [-0.15, -0.1) is 0 Å². The number of hydrogen-bond acceptors (Lipinski definition) is 4. The van der Waals surface area contributed by atoms with Crippen molar-refractivity contribution in [2.75, 3.05) is 6.61 Å². The molecular weight excluding hydrogens is 184 g/mol. The summed E-state index contributed by atoms with van der Waals surface area (Å²) in [7, 11) is 0. The first kappa shape index (κ1) is 9.02. The lowest BCUT2D eigenvalue weighted by atomic mass is 10.1. The maximum absolute atomic E-state index is 10.7. The maximum atomic E-state index is 10.7. The predicted molar refractivity (Wildman–Crippen MR) is 48.0 cm³/mol. The minimum atomic E-state index is -0.321. The molecule has 0 N–H and O–H groups in total. The molecule has 0 saturated carbocycles. The van der Waals surface area contributed by atoms with E-state index < -0.39 is 0 Å². The second-order valence-electron chi connectivity index (χ2n) is 3.02. The van der Waals surface area contributed by atoms with Crippen LogP contribution in [-0.2, 0) is 16.1 Å². The number of ether oxygens (including phenoxy) is 1. The fourth-order valence-corrected chi connectivity index (χ4v) is 1.32. The van der Waals surface area contributed by atoms with Gasteiger partial charge in [0.05, 0.1) is 6.61 Å². The van der Waals surface area contributed by atoms with Crippen LogP contribution < -0.4 is 9.62 Å². The Balaban J connectivity index is 2.24. The topological polar surface area (TPSA) is 44.8 Å². The third-order valence-corrected chi connectivity index (χ3v) is 1.90. The molecule has 0 spiro atoms. The van der Waals surface area contributed by atoms with Crippen molar-refractivity contribution in [1.82, 2.24) is 0 Å². The van der Waals surface area contributed by atoms with Gasteiger partial charge in [-0.05, 0) is 18.2 Å². The van der Waals surface area contributed by atoms with E-state index >= 15 is 0 Å². The molecule has 1 aliphatic heterocycles. The van der Waals surface area contributed by atoms with Crippen LogP contribution in [-0.4, -0.2) is 12.6 Å². The Morgan fingerprint density at radius 2 is 2.36 bits per heavy atom. The summed E-state index contributed by atoms with van der Waals surface area (Å²) in [6.07, 6.45) is 0.768. The van der Waals surface area contributed by atoms with Crippen LogP contribution >= 0.6 is 0 Å². The van der Waals surface area contributed by atoms with Gasteiger partial charge in [0.25, 0.3) is 0 Å². The van der Waals surface area contributed by atoms with Crippen molar-refractivity contribution in [3.63, 3.8) is 0 Å². The van der Waals surface area contributed by atoms with Crippen molar-refractivity contribution in [2.45, 2.75) is 13.3 Å². The smallest absolute Gasteiger partial charge is 0.308 e. The molecule has 0 radical (unpaired) electrons. The van der Waals surface area contributed by atoms with E-state index in [2.05, 4.69) is 0 Å². The number of carbonyl (C=O) groups is 1. The van der Waals surface area contributed by atoms with Gasteiger partial charge in [0, 0.05) is 18.9 Å². The minimum Gasteiger partial charge on any atom is -0.427 e. The Morgan fingerprint density at radius 1 is 1.50 bits per heavy atom. The van der Waals surface area contributed by atoms with Gasteiger partial charge in [0.1, 0.15) is 5.75 Å². The lowest BCUT2D eigenvalue weighted by Gasteiger charge is -2.15. The van der Waals surface area contributed by atoms with E-state index in [-0.39, 0.29) is 5.97 Å². The first-order valence-electron chi connectivity index (χ1n) is 4.36. The molecule has 1 aliphatic rings. The standard InChI is InChI=1S/C10H10O4/c1-7(11)13-9-2-3-10-8(6-9)4-5-12-14-10/h2-3,6H,4-5H2,1H3. The van der Waals surface area contributed by atoms with Crippen LogP contribution in [0.3, 0.4) is 0 Å². The zero-order chi connectivity index (χ0) is 9.97. The molecule has 0 aromatic heterocycles. The van der Waals surface area contributed by atoms with Crippen LogP contribution in [0, 0.1) is 0 Å². The monoisotopic (exact) mass is 194 g/mol. The highest BCUT2D eigenvalue weighted by Crippen LogP contribution is 2.27. The molecule has 2 rings (SSSR count). The van der Waals surface area contributed by atoms with Crippen molar-refractivity contribution < 1.29 is 19.3 Å². The second-order valence-corrected chi connectivity index (χ2v) is 3.02. The van der Waals surface area contributed by atoms with Crippen molar-refractivity contribution in [3.8, 4) is 11.5 Å². The molecule has 1 aromatic carbocycles. The van der Waals surface area contributed by atoms with E-state index in [1.54, 1.807) is 18.2 Å². The number of fused-ring (bicyclic) bond motifs is 1. The highest BCUT2D eigenvalue weighted by Gasteiger charge is 2.12. The van der Waals surface area contributed by atoms with Crippen molar-refractivity contribution in [2.24, 2.45) is 0 Å². The first-order valence-corrected chi connectivity index (χ1v) is 4.36. The van der Waals surface area contributed by atoms with Gasteiger partial charge < -0.3 is 9.62 Å². The quantitative estimate of drug-likeness (QED) is 0.386. The number of esters is 1. The molecule has 0 unspecified atom stereocenters. The van der Waals surface area contributed by atoms with Crippen molar-refractivity contribution >= 4 is 5.97 Å². The van der Waals surface area contributed by atoms with Crippen LogP contribution in [0.5, 0.6) is 11.5 Å². The van der Waals surface area contributed by atoms with Gasteiger partial charge in [-0.3, -0.25) is 4.79 Å². The average molecular weight is 194 g/mol. The zero-order valence-electron chi connectivity index (χ0n) is 7.78. The molecule has 14 heavy (non-hydrogen) atoms. The molecule has 0 fully saturated rings. The molecule has 4 heteroatoms. The predicted octanol–water partition coefficient (Wildman–Crippen LogP) is 1.48. The van der Waals surface area contributed by atoms with E-state index in [9.17, 15) is 4.79 Å². The maximum Gasteiger partial charge on any atom is 0.308 e. The highest BCUT2D eigenvalue weighted by atomic mass is 17.2. The molecule has 4 nitrogen and oxygen atoms in total. The van der Waals surface area contributed by atoms with Crippen molar-refractivity contribution in [3.05, 3.63) is 23.8 Å². The summed E-state index contributed by atoms with van der Waals surface area (Å²) in [5, 5.41) is 0. The third kappa shape index (κ3) is 1.85. The summed E-state index contributed by atoms with van der Waals surface area (Å²) in [5.74, 6) is 0.909. The van der Waals surface area contributed by atoms with E-state index in [0.717, 1.165) is 12.0 Å². The van der Waals surface area contributed by atoms with Crippen molar-refractivity contribution in [1.29, 1.82) is 0 Å². The van der Waals surface area contributed by atoms with Crippen LogP contribution in [0.25, 0.3) is 0 Å². The molecule has 74 valence electrons. The molecule has 1 heterocycles. The molecule has 0 aliphatic carbocycles. The highest BCUT2D eigenvalue weighted by molar-refractivity contribution is 5.69. The number of hydrogen-bond donors (Lipinski definition) is 0. The molecular formula is C10H10O4. The van der Waals surface area contributed by atoms with Gasteiger partial charge in [-0.1, -0.05) is 0 Å². The van der Waals surface area contributed by atoms with E-state index in [1.165, 1.54) is 6.92 Å². The molecule has 0 saturated heterocycles. The summed E-state index contributed by atoms with van der Waals surface area (Å²) in [6.45, 7) is 1.90. The number of carbonyl (C=O) groups excluding carboxylic acids is 1. The van der Waals surface area contributed by atoms with Crippen LogP contribution in [0.1, 0.15) is 12.5 Å². The Hall–Kier alpha value is -1.55. The summed E-state index contributed by atoms with van der Waals surface area (Å²) in [6, 6.07) is 5.20. The normalized spacial score (nSPS) is 14.1. The van der Waals surface area contributed by atoms with Crippen LogP contribution in [0.2, 0.25) is 0 Å². The van der Waals surface area contributed by atoms with E-state index in [4.69, 9.17) is 14.5 Å². The first-order chi connectivity index (χ1) is 6.75. The Kier molecular flexibility index (Phi) is 2.37. The molecule has 0 bridgehead atoms. The minimum absolute atomic E-state index is 0.321. The average Bonchev–Trinajstić information content (AvgIpc) is 2.17. The zero-order valence-corrected chi connectivity index (χ0v) is 7.78. The lowest BCUT2D eigenvalue weighted by molar-refractivity contribution is -0.215. The van der Waals surface area contributed by atoms with E-state index in [1.807, 2.05) is 0 Å². The fraction of sp³-hybridized carbons (Fsp3) is 0.300.